The Morgan fingerprint density at radius 3 is 2.50 bits per heavy atom. The van der Waals surface area contributed by atoms with E-state index in [0.717, 1.165) is 6.54 Å². The fourth-order valence-electron chi connectivity index (χ4n) is 0.752. The zero-order chi connectivity index (χ0) is 9.56. The van der Waals surface area contributed by atoms with Crippen LogP contribution in [-0.4, -0.2) is 39.5 Å². The molecule has 0 aliphatic rings. The molecule has 0 saturated heterocycles. The van der Waals surface area contributed by atoms with Gasteiger partial charge in [-0.05, 0) is 6.54 Å². The highest BCUT2D eigenvalue weighted by Crippen LogP contribution is 1.96. The predicted molar refractivity (Wildman–Crippen MR) is 52.7 cm³/mol. The number of rotatable bonds is 6. The Labute approximate surface area is 77.0 Å². The molecule has 0 radical (unpaired) electrons. The van der Waals surface area contributed by atoms with Crippen LogP contribution in [0.15, 0.2) is 0 Å². The summed E-state index contributed by atoms with van der Waals surface area (Å²) >= 11 is 0. The Kier molecular flexibility index (Phi) is 6.61. The van der Waals surface area contributed by atoms with Crippen LogP contribution < -0.4 is 5.32 Å². The van der Waals surface area contributed by atoms with Crippen LogP contribution >= 0.6 is 0 Å². The number of hydrogen-bond acceptors (Lipinski definition) is 3. The fraction of sp³-hybridized carbons (Fsp3) is 1.00. The monoisotopic (exact) mass is 193 g/mol. The van der Waals surface area contributed by atoms with Crippen LogP contribution in [0.2, 0.25) is 0 Å². The van der Waals surface area contributed by atoms with E-state index < -0.39 is 16.9 Å². The van der Waals surface area contributed by atoms with E-state index in [1.54, 1.807) is 0 Å². The van der Waals surface area contributed by atoms with Gasteiger partial charge in [-0.3, -0.25) is 4.21 Å². The lowest BCUT2D eigenvalue weighted by Gasteiger charge is -2.11. The minimum Gasteiger partial charge on any atom is -0.391 e. The first kappa shape index (κ1) is 12.1. The van der Waals surface area contributed by atoms with Gasteiger partial charge in [0, 0.05) is 22.6 Å². The lowest BCUT2D eigenvalue weighted by Crippen LogP contribution is -2.32. The van der Waals surface area contributed by atoms with Gasteiger partial charge in [0.2, 0.25) is 0 Å². The Balaban J connectivity index is 3.54. The van der Waals surface area contributed by atoms with Gasteiger partial charge in [0.25, 0.3) is 0 Å². The Morgan fingerprint density at radius 2 is 2.08 bits per heavy atom. The summed E-state index contributed by atoms with van der Waals surface area (Å²) in [5, 5.41) is 12.5. The first-order valence-corrected chi connectivity index (χ1v) is 5.72. The summed E-state index contributed by atoms with van der Waals surface area (Å²) in [4.78, 5) is 0. The molecule has 0 aliphatic carbocycles. The van der Waals surface area contributed by atoms with E-state index in [0.29, 0.717) is 12.3 Å². The van der Waals surface area contributed by atoms with Crippen molar-refractivity contribution in [3.8, 4) is 0 Å². The normalized spacial score (nSPS) is 16.4. The lowest BCUT2D eigenvalue weighted by molar-refractivity contribution is 0.195. The highest BCUT2D eigenvalue weighted by Gasteiger charge is 2.11. The van der Waals surface area contributed by atoms with E-state index in [1.807, 2.05) is 20.8 Å². The molecule has 3 nitrogen and oxygen atoms in total. The van der Waals surface area contributed by atoms with Gasteiger partial charge in [0.1, 0.15) is 0 Å². The van der Waals surface area contributed by atoms with Gasteiger partial charge in [0.15, 0.2) is 0 Å². The van der Waals surface area contributed by atoms with Crippen LogP contribution in [0.25, 0.3) is 0 Å². The van der Waals surface area contributed by atoms with Crippen molar-refractivity contribution in [1.82, 2.24) is 5.32 Å². The second kappa shape index (κ2) is 6.57. The molecule has 2 N–H and O–H groups in total. The largest absolute Gasteiger partial charge is 0.391 e. The quantitative estimate of drug-likeness (QED) is 0.629. The Bertz CT molecular complexity index is 139. The third-order valence-corrected chi connectivity index (χ3v) is 3.28. The molecule has 2 unspecified atom stereocenters. The number of likely N-dealkylation sites (N-methyl/N-ethyl adjacent to an activating group) is 1. The van der Waals surface area contributed by atoms with Gasteiger partial charge < -0.3 is 10.4 Å². The first-order chi connectivity index (χ1) is 5.57. The van der Waals surface area contributed by atoms with Crippen molar-refractivity contribution in [3.05, 3.63) is 0 Å². The standard InChI is InChI=1S/C8H19NO2S/c1-4-9-5-8(10)6-12(11)7(2)3/h7-10H,4-6H2,1-3H3. The summed E-state index contributed by atoms with van der Waals surface area (Å²) in [5.41, 5.74) is 0. The van der Waals surface area contributed by atoms with E-state index in [2.05, 4.69) is 5.32 Å². The Morgan fingerprint density at radius 1 is 1.50 bits per heavy atom. The van der Waals surface area contributed by atoms with Crippen molar-refractivity contribution in [2.24, 2.45) is 0 Å². The van der Waals surface area contributed by atoms with E-state index in [1.165, 1.54) is 0 Å². The van der Waals surface area contributed by atoms with Gasteiger partial charge >= 0.3 is 0 Å². The van der Waals surface area contributed by atoms with Crippen LogP contribution in [0.5, 0.6) is 0 Å². The number of nitrogens with one attached hydrogen (secondary N) is 1. The van der Waals surface area contributed by atoms with E-state index in [9.17, 15) is 9.32 Å². The average Bonchev–Trinajstić information content (AvgIpc) is 2.00. The smallest absolute Gasteiger partial charge is 0.0779 e. The van der Waals surface area contributed by atoms with Crippen molar-refractivity contribution >= 4 is 10.8 Å². The minimum atomic E-state index is -0.895. The van der Waals surface area contributed by atoms with Crippen LogP contribution in [0.3, 0.4) is 0 Å². The third-order valence-electron chi connectivity index (χ3n) is 1.51. The zero-order valence-corrected chi connectivity index (χ0v) is 8.86. The van der Waals surface area contributed by atoms with Crippen LogP contribution in [0.1, 0.15) is 20.8 Å². The lowest BCUT2D eigenvalue weighted by atomic mass is 10.4. The van der Waals surface area contributed by atoms with Crippen molar-refractivity contribution in [1.29, 1.82) is 0 Å². The van der Waals surface area contributed by atoms with Crippen molar-refractivity contribution in [3.63, 3.8) is 0 Å². The maximum Gasteiger partial charge on any atom is 0.0779 e. The maximum absolute atomic E-state index is 11.2. The molecule has 4 heteroatoms. The highest BCUT2D eigenvalue weighted by molar-refractivity contribution is 7.85. The van der Waals surface area contributed by atoms with Crippen molar-refractivity contribution in [2.45, 2.75) is 32.1 Å². The molecule has 0 aromatic rings. The van der Waals surface area contributed by atoms with Crippen LogP contribution in [0.4, 0.5) is 0 Å². The maximum atomic E-state index is 11.2. The second-order valence-corrected chi connectivity index (χ2v) is 5.10. The molecular formula is C8H19NO2S. The van der Waals surface area contributed by atoms with E-state index in [-0.39, 0.29) is 5.25 Å². The molecule has 0 aliphatic heterocycles. The molecule has 2 atom stereocenters. The second-order valence-electron chi connectivity index (χ2n) is 3.06. The molecule has 74 valence electrons. The highest BCUT2D eigenvalue weighted by atomic mass is 32.2. The van der Waals surface area contributed by atoms with Crippen LogP contribution in [0, 0.1) is 0 Å². The predicted octanol–water partition coefficient (Wildman–Crippen LogP) is 0.114. The summed E-state index contributed by atoms with van der Waals surface area (Å²) in [7, 11) is -0.895. The summed E-state index contributed by atoms with van der Waals surface area (Å²) in [6, 6.07) is 0. The Hall–Kier alpha value is 0.0700. The molecule has 0 aromatic carbocycles. The topological polar surface area (TPSA) is 49.3 Å². The molecule has 12 heavy (non-hydrogen) atoms. The molecule has 0 heterocycles. The van der Waals surface area contributed by atoms with Gasteiger partial charge in [-0.25, -0.2) is 0 Å². The average molecular weight is 193 g/mol. The van der Waals surface area contributed by atoms with Gasteiger partial charge in [-0.1, -0.05) is 20.8 Å². The molecule has 0 spiro atoms. The number of aliphatic hydroxyl groups excluding tert-OH is 1. The molecule has 0 fully saturated rings. The summed E-state index contributed by atoms with van der Waals surface area (Å²) in [6.45, 7) is 7.15. The molecular weight excluding hydrogens is 174 g/mol. The van der Waals surface area contributed by atoms with Gasteiger partial charge in [0.05, 0.1) is 11.9 Å². The molecule has 0 amide bonds. The van der Waals surface area contributed by atoms with E-state index >= 15 is 0 Å². The molecule has 0 saturated carbocycles. The number of aliphatic hydroxyl groups is 1. The summed E-state index contributed by atoms with van der Waals surface area (Å²) in [6.07, 6.45) is -0.479. The van der Waals surface area contributed by atoms with E-state index in [4.69, 9.17) is 0 Å². The molecule has 0 rings (SSSR count). The molecule has 0 bridgehead atoms. The SMILES string of the molecule is CCNCC(O)CS(=O)C(C)C. The summed E-state index contributed by atoms with van der Waals surface area (Å²) < 4.78 is 11.2. The van der Waals surface area contributed by atoms with Gasteiger partial charge in [-0.2, -0.15) is 0 Å². The third kappa shape index (κ3) is 5.69. The van der Waals surface area contributed by atoms with Crippen molar-refractivity contribution < 1.29 is 9.32 Å². The first-order valence-electron chi connectivity index (χ1n) is 4.33. The number of hydrogen-bond donors (Lipinski definition) is 2. The zero-order valence-electron chi connectivity index (χ0n) is 8.04. The van der Waals surface area contributed by atoms with Gasteiger partial charge in [-0.15, -0.1) is 0 Å². The van der Waals surface area contributed by atoms with Crippen molar-refractivity contribution in [2.75, 3.05) is 18.8 Å². The molecule has 0 aromatic heterocycles. The minimum absolute atomic E-state index is 0.140. The van der Waals surface area contributed by atoms with Crippen LogP contribution in [-0.2, 0) is 10.8 Å². The fourth-order valence-corrected chi connectivity index (χ4v) is 1.63. The summed E-state index contributed by atoms with van der Waals surface area (Å²) in [5.74, 6) is 0.380.